The van der Waals surface area contributed by atoms with Gasteiger partial charge in [0.1, 0.15) is 17.3 Å². The molecule has 194 valence electrons. The number of carbonyl (C=O) groups excluding carboxylic acids is 2. The monoisotopic (exact) mass is 504 g/mol. The third kappa shape index (κ3) is 4.98. The summed E-state index contributed by atoms with van der Waals surface area (Å²) in [7, 11) is 1.75. The van der Waals surface area contributed by atoms with Crippen molar-refractivity contribution in [1.29, 1.82) is 5.26 Å². The van der Waals surface area contributed by atoms with Gasteiger partial charge in [-0.1, -0.05) is 0 Å². The molecular weight excluding hydrogens is 471 g/mol. The predicted octanol–water partition coefficient (Wildman–Crippen LogP) is 2.26. The molecule has 2 amide bonds. The summed E-state index contributed by atoms with van der Waals surface area (Å²) in [4.78, 5) is 28.3. The van der Waals surface area contributed by atoms with Crippen LogP contribution in [0.25, 0.3) is 5.57 Å². The average molecular weight is 505 g/mol. The Bertz CT molecular complexity index is 1240. The Morgan fingerprint density at radius 2 is 2.11 bits per heavy atom. The van der Waals surface area contributed by atoms with E-state index in [9.17, 15) is 19.2 Å². The van der Waals surface area contributed by atoms with Crippen LogP contribution in [0.4, 0.5) is 4.39 Å². The molecule has 37 heavy (non-hydrogen) atoms. The van der Waals surface area contributed by atoms with Gasteiger partial charge in [-0.2, -0.15) is 5.26 Å². The molecule has 0 radical (unpaired) electrons. The van der Waals surface area contributed by atoms with Gasteiger partial charge in [-0.15, -0.1) is 0 Å². The predicted molar refractivity (Wildman–Crippen MR) is 137 cm³/mol. The van der Waals surface area contributed by atoms with Gasteiger partial charge in [0.15, 0.2) is 0 Å². The molecule has 4 aliphatic rings. The number of carbonyl (C=O) groups is 2. The molecular formula is C28H33FN6O2. The van der Waals surface area contributed by atoms with Crippen molar-refractivity contribution in [2.24, 2.45) is 23.0 Å². The van der Waals surface area contributed by atoms with Crippen LogP contribution in [0, 0.1) is 34.4 Å². The zero-order chi connectivity index (χ0) is 26.2. The molecule has 8 nitrogen and oxygen atoms in total. The summed E-state index contributed by atoms with van der Waals surface area (Å²) in [5, 5.41) is 19.0. The van der Waals surface area contributed by atoms with E-state index in [0.29, 0.717) is 35.7 Å². The summed E-state index contributed by atoms with van der Waals surface area (Å²) in [5.74, 6) is -0.325. The summed E-state index contributed by atoms with van der Waals surface area (Å²) in [6, 6.07) is 6.28. The number of nitrogens with two attached hydrogens (primary N) is 1. The van der Waals surface area contributed by atoms with Crippen molar-refractivity contribution in [2.45, 2.75) is 44.7 Å². The van der Waals surface area contributed by atoms with Crippen molar-refractivity contribution in [1.82, 2.24) is 20.9 Å². The van der Waals surface area contributed by atoms with Crippen LogP contribution in [-0.2, 0) is 16.1 Å². The van der Waals surface area contributed by atoms with Gasteiger partial charge >= 0.3 is 0 Å². The Kier molecular flexibility index (Phi) is 6.78. The summed E-state index contributed by atoms with van der Waals surface area (Å²) in [6.07, 6.45) is 9.88. The van der Waals surface area contributed by atoms with Crippen molar-refractivity contribution in [2.75, 3.05) is 20.1 Å². The Labute approximate surface area is 216 Å². The van der Waals surface area contributed by atoms with Crippen LogP contribution >= 0.6 is 0 Å². The molecule has 0 spiro atoms. The molecule has 2 saturated carbocycles. The third-order valence-electron chi connectivity index (χ3n) is 7.74. The molecule has 5 N–H and O–H groups in total. The van der Waals surface area contributed by atoms with Crippen LogP contribution in [0.15, 0.2) is 47.9 Å². The maximum absolute atomic E-state index is 14.3. The molecule has 2 aliphatic carbocycles. The van der Waals surface area contributed by atoms with Crippen molar-refractivity contribution in [3.8, 4) is 6.07 Å². The van der Waals surface area contributed by atoms with Crippen molar-refractivity contribution in [3.63, 3.8) is 0 Å². The smallest absolute Gasteiger partial charge is 0.247 e. The van der Waals surface area contributed by atoms with Gasteiger partial charge in [0.25, 0.3) is 0 Å². The number of nitriles is 1. The maximum Gasteiger partial charge on any atom is 0.247 e. The van der Waals surface area contributed by atoms with Crippen LogP contribution in [-0.4, -0.2) is 42.9 Å². The average Bonchev–Trinajstić information content (AvgIpc) is 3.82. The highest BCUT2D eigenvalue weighted by Gasteiger charge is 2.57. The van der Waals surface area contributed by atoms with Gasteiger partial charge in [0.2, 0.25) is 11.8 Å². The minimum absolute atomic E-state index is 0.141. The number of nitrogens with one attached hydrogen (secondary N) is 3. The van der Waals surface area contributed by atoms with E-state index in [1.54, 1.807) is 24.2 Å². The van der Waals surface area contributed by atoms with Gasteiger partial charge in [0.05, 0.1) is 6.07 Å². The molecule has 5 rings (SSSR count). The van der Waals surface area contributed by atoms with Crippen LogP contribution in [0.2, 0.25) is 0 Å². The lowest BCUT2D eigenvalue weighted by Crippen LogP contribution is -2.45. The summed E-state index contributed by atoms with van der Waals surface area (Å²) in [6.45, 7) is 0.870. The van der Waals surface area contributed by atoms with Crippen LogP contribution < -0.4 is 21.7 Å². The highest BCUT2D eigenvalue weighted by molar-refractivity contribution is 5.91. The summed E-state index contributed by atoms with van der Waals surface area (Å²) in [5.41, 5.74) is 8.53. The number of amides is 2. The number of hydrogen-bond donors (Lipinski definition) is 4. The van der Waals surface area contributed by atoms with E-state index < -0.39 is 17.3 Å². The number of likely N-dealkylation sites (tertiary alicyclic amines) is 1. The highest BCUT2D eigenvalue weighted by atomic mass is 19.1. The lowest BCUT2D eigenvalue weighted by Gasteiger charge is -2.29. The van der Waals surface area contributed by atoms with E-state index >= 15 is 0 Å². The third-order valence-corrected chi connectivity index (χ3v) is 7.74. The number of halogens is 1. The summed E-state index contributed by atoms with van der Waals surface area (Å²) < 4.78 is 14.3. The van der Waals surface area contributed by atoms with E-state index in [-0.39, 0.29) is 30.8 Å². The second kappa shape index (κ2) is 10.0. The lowest BCUT2D eigenvalue weighted by molar-refractivity contribution is -0.132. The number of nitrogens with zero attached hydrogens (tertiary/aromatic N) is 2. The van der Waals surface area contributed by atoms with Gasteiger partial charge in [0, 0.05) is 44.3 Å². The Morgan fingerprint density at radius 3 is 2.76 bits per heavy atom. The van der Waals surface area contributed by atoms with Crippen LogP contribution in [0.5, 0.6) is 0 Å². The zero-order valence-corrected chi connectivity index (χ0v) is 21.0. The second-order valence-electron chi connectivity index (χ2n) is 10.4. The molecule has 1 aromatic carbocycles. The van der Waals surface area contributed by atoms with Gasteiger partial charge in [-0.25, -0.2) is 4.39 Å². The quantitative estimate of drug-likeness (QED) is 0.409. The number of rotatable bonds is 9. The molecule has 3 fully saturated rings. The van der Waals surface area contributed by atoms with Crippen molar-refractivity contribution in [3.05, 3.63) is 64.9 Å². The van der Waals surface area contributed by atoms with Crippen LogP contribution in [0.3, 0.4) is 0 Å². The molecule has 9 heteroatoms. The number of dihydropyridines is 1. The standard InChI is InChI=1S/C28H33FN6O2/c1-32-15-20(13-30)19-8-17(9-22(29)10-19)14-33-26(36)25-12-23(11-24(34-25)18-2-3-18)35-7-6-28(16-31,27(35)37)21-4-5-21/h8-12,15,18,21,25,32,34H,2-7,13-14,30H2,1H3,(H,33,36)/b20-15+/t25?,28-/m1/s1. The highest BCUT2D eigenvalue weighted by Crippen LogP contribution is 2.52. The molecule has 0 bridgehead atoms. The Hall–Kier alpha value is -3.64. The van der Waals surface area contributed by atoms with E-state index in [4.69, 9.17) is 5.73 Å². The maximum atomic E-state index is 14.3. The van der Waals surface area contributed by atoms with E-state index in [1.807, 2.05) is 12.1 Å². The van der Waals surface area contributed by atoms with E-state index in [1.165, 1.54) is 12.1 Å². The lowest BCUT2D eigenvalue weighted by atomic mass is 9.82. The second-order valence-corrected chi connectivity index (χ2v) is 10.4. The van der Waals surface area contributed by atoms with Gasteiger partial charge in [-0.05, 0) is 91.0 Å². The molecule has 2 atom stereocenters. The first kappa shape index (κ1) is 25.0. The fraction of sp³-hybridized carbons (Fsp3) is 0.464. The topological polar surface area (TPSA) is 123 Å². The van der Waals surface area contributed by atoms with Gasteiger partial charge in [-0.3, -0.25) is 9.59 Å². The number of benzene rings is 1. The Morgan fingerprint density at radius 1 is 1.32 bits per heavy atom. The van der Waals surface area contributed by atoms with Gasteiger partial charge < -0.3 is 26.6 Å². The van der Waals surface area contributed by atoms with E-state index in [0.717, 1.165) is 37.0 Å². The first-order chi connectivity index (χ1) is 17.9. The van der Waals surface area contributed by atoms with Crippen molar-refractivity contribution >= 4 is 17.4 Å². The number of hydrogen-bond acceptors (Lipinski definition) is 6. The number of allylic oxidation sites excluding steroid dienone is 2. The van der Waals surface area contributed by atoms with E-state index in [2.05, 4.69) is 22.0 Å². The van der Waals surface area contributed by atoms with Crippen LogP contribution in [0.1, 0.15) is 43.2 Å². The fourth-order valence-electron chi connectivity index (χ4n) is 5.39. The minimum atomic E-state index is -0.934. The fourth-order valence-corrected chi connectivity index (χ4v) is 5.39. The molecule has 1 unspecified atom stereocenters. The largest absolute Gasteiger partial charge is 0.394 e. The molecule has 0 aromatic heterocycles. The first-order valence-corrected chi connectivity index (χ1v) is 13.0. The minimum Gasteiger partial charge on any atom is -0.394 e. The first-order valence-electron chi connectivity index (χ1n) is 13.0. The SMILES string of the molecule is CN/C=C(\CN)c1cc(F)cc(CNC(=O)C2C=C(N3CC[C@@](C#N)(C4CC4)C3=O)C=C(C3CC3)N2)c1. The molecule has 1 aromatic rings. The summed E-state index contributed by atoms with van der Waals surface area (Å²) >= 11 is 0. The normalized spacial score (nSPS) is 25.7. The Balaban J connectivity index is 1.32. The molecule has 1 saturated heterocycles. The zero-order valence-electron chi connectivity index (χ0n) is 21.0. The van der Waals surface area contributed by atoms with Crippen molar-refractivity contribution < 1.29 is 14.0 Å². The molecule has 2 aliphatic heterocycles. The molecule has 2 heterocycles.